The number of nitrogens with two attached hydrogens (primary N) is 1. The van der Waals surface area contributed by atoms with Crippen LogP contribution in [0.2, 0.25) is 0 Å². The Hall–Kier alpha value is -1.35. The normalized spacial score (nSPS) is 20.0. The number of benzene rings is 1. The molecule has 0 spiro atoms. The summed E-state index contributed by atoms with van der Waals surface area (Å²) in [4.78, 5) is 14.2. The first kappa shape index (κ1) is 12.1. The summed E-state index contributed by atoms with van der Waals surface area (Å²) in [5.74, 6) is 0.164. The quantitative estimate of drug-likeness (QED) is 0.747. The Labute approximate surface area is 103 Å². The molecular formula is C14H20N2O. The SMILES string of the molecule is CC(C)(C)C(=O)N1CCC(N)c2ccccc21. The number of carbonyl (C=O) groups excluding carboxylic acids is 1. The van der Waals surface area contributed by atoms with Crippen molar-refractivity contribution >= 4 is 11.6 Å². The minimum Gasteiger partial charge on any atom is -0.324 e. The molecule has 2 rings (SSSR count). The van der Waals surface area contributed by atoms with Gasteiger partial charge < -0.3 is 10.6 Å². The Kier molecular flexibility index (Phi) is 2.96. The number of nitrogens with zero attached hydrogens (tertiary/aromatic N) is 1. The molecule has 0 radical (unpaired) electrons. The smallest absolute Gasteiger partial charge is 0.232 e. The number of hydrogen-bond donors (Lipinski definition) is 1. The lowest BCUT2D eigenvalue weighted by Crippen LogP contribution is -2.44. The molecule has 0 bridgehead atoms. The molecule has 17 heavy (non-hydrogen) atoms. The lowest BCUT2D eigenvalue weighted by molar-refractivity contribution is -0.125. The van der Waals surface area contributed by atoms with E-state index in [1.165, 1.54) is 0 Å². The van der Waals surface area contributed by atoms with E-state index in [0.29, 0.717) is 6.54 Å². The third kappa shape index (κ3) is 2.20. The molecule has 1 heterocycles. The zero-order valence-corrected chi connectivity index (χ0v) is 10.7. The van der Waals surface area contributed by atoms with Crippen molar-refractivity contribution in [3.8, 4) is 0 Å². The van der Waals surface area contributed by atoms with Crippen molar-refractivity contribution in [2.24, 2.45) is 11.1 Å². The largest absolute Gasteiger partial charge is 0.324 e. The summed E-state index contributed by atoms with van der Waals surface area (Å²) < 4.78 is 0. The molecule has 1 aliphatic heterocycles. The van der Waals surface area contributed by atoms with Gasteiger partial charge in [-0.1, -0.05) is 39.0 Å². The van der Waals surface area contributed by atoms with Crippen molar-refractivity contribution in [2.75, 3.05) is 11.4 Å². The van der Waals surface area contributed by atoms with Crippen LogP contribution in [0.1, 0.15) is 38.8 Å². The second-order valence-electron chi connectivity index (χ2n) is 5.66. The average molecular weight is 232 g/mol. The molecule has 0 aliphatic carbocycles. The molecule has 0 saturated carbocycles. The van der Waals surface area contributed by atoms with E-state index >= 15 is 0 Å². The molecule has 0 aromatic heterocycles. The summed E-state index contributed by atoms with van der Waals surface area (Å²) in [6.07, 6.45) is 0.832. The highest BCUT2D eigenvalue weighted by molar-refractivity contribution is 5.98. The maximum Gasteiger partial charge on any atom is 0.232 e. The fourth-order valence-corrected chi connectivity index (χ4v) is 2.21. The topological polar surface area (TPSA) is 46.3 Å². The van der Waals surface area contributed by atoms with Gasteiger partial charge in [0, 0.05) is 23.7 Å². The van der Waals surface area contributed by atoms with Gasteiger partial charge in [-0.3, -0.25) is 4.79 Å². The number of amides is 1. The first-order valence-corrected chi connectivity index (χ1v) is 6.08. The molecule has 1 unspecified atom stereocenters. The van der Waals surface area contributed by atoms with Gasteiger partial charge in [0.1, 0.15) is 0 Å². The first-order chi connectivity index (χ1) is 7.91. The zero-order chi connectivity index (χ0) is 12.6. The van der Waals surface area contributed by atoms with Crippen LogP contribution in [0, 0.1) is 5.41 Å². The van der Waals surface area contributed by atoms with Crippen molar-refractivity contribution in [1.82, 2.24) is 0 Å². The number of hydrogen-bond acceptors (Lipinski definition) is 2. The van der Waals surface area contributed by atoms with Crippen LogP contribution in [-0.2, 0) is 4.79 Å². The van der Waals surface area contributed by atoms with Crippen LogP contribution in [0.5, 0.6) is 0 Å². The van der Waals surface area contributed by atoms with E-state index < -0.39 is 0 Å². The number of para-hydroxylation sites is 1. The van der Waals surface area contributed by atoms with E-state index in [1.54, 1.807) is 0 Å². The Morgan fingerprint density at radius 1 is 1.35 bits per heavy atom. The van der Waals surface area contributed by atoms with Crippen molar-refractivity contribution in [3.63, 3.8) is 0 Å². The fraction of sp³-hybridized carbons (Fsp3) is 0.500. The molecule has 92 valence electrons. The molecule has 1 aromatic rings. The lowest BCUT2D eigenvalue weighted by Gasteiger charge is -2.36. The van der Waals surface area contributed by atoms with Crippen molar-refractivity contribution in [2.45, 2.75) is 33.2 Å². The molecule has 1 aliphatic rings. The third-order valence-corrected chi connectivity index (χ3v) is 3.18. The highest BCUT2D eigenvalue weighted by Gasteiger charge is 2.32. The van der Waals surface area contributed by atoms with E-state index in [1.807, 2.05) is 49.9 Å². The second kappa shape index (κ2) is 4.15. The molecule has 0 fully saturated rings. The molecule has 1 amide bonds. The van der Waals surface area contributed by atoms with E-state index in [-0.39, 0.29) is 17.4 Å². The van der Waals surface area contributed by atoms with Crippen molar-refractivity contribution in [1.29, 1.82) is 0 Å². The van der Waals surface area contributed by atoms with Crippen LogP contribution >= 0.6 is 0 Å². The third-order valence-electron chi connectivity index (χ3n) is 3.18. The summed E-state index contributed by atoms with van der Waals surface area (Å²) in [5, 5.41) is 0. The first-order valence-electron chi connectivity index (χ1n) is 6.08. The molecule has 2 N–H and O–H groups in total. The Morgan fingerprint density at radius 2 is 2.00 bits per heavy atom. The molecular weight excluding hydrogens is 212 g/mol. The summed E-state index contributed by atoms with van der Waals surface area (Å²) in [6.45, 7) is 6.57. The van der Waals surface area contributed by atoms with Crippen LogP contribution in [0.3, 0.4) is 0 Å². The van der Waals surface area contributed by atoms with Gasteiger partial charge in [-0.15, -0.1) is 0 Å². The lowest BCUT2D eigenvalue weighted by atomic mass is 9.91. The van der Waals surface area contributed by atoms with E-state index in [2.05, 4.69) is 0 Å². The van der Waals surface area contributed by atoms with Crippen LogP contribution < -0.4 is 10.6 Å². The highest BCUT2D eigenvalue weighted by Crippen LogP contribution is 2.34. The van der Waals surface area contributed by atoms with Crippen LogP contribution in [0.4, 0.5) is 5.69 Å². The molecule has 3 nitrogen and oxygen atoms in total. The van der Waals surface area contributed by atoms with Crippen LogP contribution in [0.25, 0.3) is 0 Å². The Bertz CT molecular complexity index is 434. The van der Waals surface area contributed by atoms with E-state index in [4.69, 9.17) is 5.73 Å². The van der Waals surface area contributed by atoms with Gasteiger partial charge >= 0.3 is 0 Å². The Balaban J connectivity index is 2.40. The predicted octanol–water partition coefficient (Wildman–Crippen LogP) is 2.47. The van der Waals surface area contributed by atoms with Gasteiger partial charge in [-0.25, -0.2) is 0 Å². The summed E-state index contributed by atoms with van der Waals surface area (Å²) >= 11 is 0. The minimum absolute atomic E-state index is 0.0511. The van der Waals surface area contributed by atoms with Gasteiger partial charge in [0.15, 0.2) is 0 Å². The molecule has 3 heteroatoms. The number of rotatable bonds is 0. The number of carbonyl (C=O) groups is 1. The second-order valence-corrected chi connectivity index (χ2v) is 5.66. The molecule has 0 saturated heterocycles. The number of anilines is 1. The van der Waals surface area contributed by atoms with E-state index in [9.17, 15) is 4.79 Å². The molecule has 1 aromatic carbocycles. The van der Waals surface area contributed by atoms with Gasteiger partial charge in [-0.05, 0) is 18.1 Å². The predicted molar refractivity (Wildman–Crippen MR) is 69.8 cm³/mol. The summed E-state index contributed by atoms with van der Waals surface area (Å²) in [5.41, 5.74) is 7.79. The maximum absolute atomic E-state index is 12.4. The van der Waals surface area contributed by atoms with Gasteiger partial charge in [0.05, 0.1) is 0 Å². The highest BCUT2D eigenvalue weighted by atomic mass is 16.2. The summed E-state index contributed by atoms with van der Waals surface area (Å²) in [6, 6.07) is 7.99. The minimum atomic E-state index is -0.353. The number of fused-ring (bicyclic) bond motifs is 1. The monoisotopic (exact) mass is 232 g/mol. The van der Waals surface area contributed by atoms with E-state index in [0.717, 1.165) is 17.7 Å². The standard InChI is InChI=1S/C14H20N2O/c1-14(2,3)13(17)16-9-8-11(15)10-6-4-5-7-12(10)16/h4-7,11H,8-9,15H2,1-3H3. The zero-order valence-electron chi connectivity index (χ0n) is 10.7. The Morgan fingerprint density at radius 3 is 2.65 bits per heavy atom. The van der Waals surface area contributed by atoms with Crippen LogP contribution in [0.15, 0.2) is 24.3 Å². The van der Waals surface area contributed by atoms with Gasteiger partial charge in [-0.2, -0.15) is 0 Å². The fourth-order valence-electron chi connectivity index (χ4n) is 2.21. The summed E-state index contributed by atoms with van der Waals surface area (Å²) in [7, 11) is 0. The van der Waals surface area contributed by atoms with Crippen molar-refractivity contribution in [3.05, 3.63) is 29.8 Å². The molecule has 1 atom stereocenters. The van der Waals surface area contributed by atoms with Crippen LogP contribution in [-0.4, -0.2) is 12.5 Å². The maximum atomic E-state index is 12.4. The average Bonchev–Trinajstić information content (AvgIpc) is 2.28. The van der Waals surface area contributed by atoms with Gasteiger partial charge in [0.25, 0.3) is 0 Å². The van der Waals surface area contributed by atoms with Gasteiger partial charge in [0.2, 0.25) is 5.91 Å². The van der Waals surface area contributed by atoms with Crippen molar-refractivity contribution < 1.29 is 4.79 Å².